The zero-order valence-electron chi connectivity index (χ0n) is 11.6. The predicted molar refractivity (Wildman–Crippen MR) is 95.9 cm³/mol. The summed E-state index contributed by atoms with van der Waals surface area (Å²) < 4.78 is 7.02. The van der Waals surface area contributed by atoms with Gasteiger partial charge in [-0.05, 0) is 42.5 Å². The van der Waals surface area contributed by atoms with Gasteiger partial charge in [-0.2, -0.15) is 0 Å². The first-order chi connectivity index (χ1) is 11.0. The molecular formula is C15H10Cl3N3OS. The van der Waals surface area contributed by atoms with E-state index in [-0.39, 0.29) is 4.84 Å². The fourth-order valence-corrected chi connectivity index (χ4v) is 2.82. The van der Waals surface area contributed by atoms with Crippen molar-refractivity contribution < 1.29 is 4.42 Å². The van der Waals surface area contributed by atoms with E-state index >= 15 is 0 Å². The van der Waals surface area contributed by atoms with Crippen molar-refractivity contribution in [3.63, 3.8) is 0 Å². The van der Waals surface area contributed by atoms with Crippen LogP contribution in [0.2, 0.25) is 15.1 Å². The number of benzene rings is 2. The third kappa shape index (κ3) is 3.70. The van der Waals surface area contributed by atoms with Gasteiger partial charge in [-0.15, -0.1) is 5.10 Å². The van der Waals surface area contributed by atoms with Crippen molar-refractivity contribution in [1.82, 2.24) is 9.78 Å². The Hall–Kier alpha value is -1.53. The maximum absolute atomic E-state index is 6.16. The van der Waals surface area contributed by atoms with Crippen LogP contribution >= 0.6 is 47.0 Å². The first-order valence-electron chi connectivity index (χ1n) is 6.56. The van der Waals surface area contributed by atoms with Crippen molar-refractivity contribution in [2.24, 2.45) is 0 Å². The molecule has 0 atom stereocenters. The Morgan fingerprint density at radius 2 is 1.87 bits per heavy atom. The highest BCUT2D eigenvalue weighted by Gasteiger charge is 2.12. The summed E-state index contributed by atoms with van der Waals surface area (Å²) in [5, 5.41) is 9.07. The summed E-state index contributed by atoms with van der Waals surface area (Å²) in [6, 6.07) is 12.5. The van der Waals surface area contributed by atoms with Crippen LogP contribution in [0.15, 0.2) is 46.9 Å². The lowest BCUT2D eigenvalue weighted by Gasteiger charge is -2.07. The van der Waals surface area contributed by atoms with Crippen LogP contribution in [0.4, 0.5) is 5.69 Å². The minimum absolute atomic E-state index is 0.227. The van der Waals surface area contributed by atoms with Crippen LogP contribution in [-0.2, 0) is 6.67 Å². The quantitative estimate of drug-likeness (QED) is 0.567. The van der Waals surface area contributed by atoms with Gasteiger partial charge in [0.1, 0.15) is 6.67 Å². The number of aromatic nitrogens is 2. The number of halogens is 3. The zero-order chi connectivity index (χ0) is 16.4. The Bertz CT molecular complexity index is 907. The number of hydrogen-bond acceptors (Lipinski definition) is 4. The van der Waals surface area contributed by atoms with Gasteiger partial charge in [0.25, 0.3) is 4.84 Å². The minimum Gasteiger partial charge on any atom is -0.409 e. The average molecular weight is 387 g/mol. The van der Waals surface area contributed by atoms with E-state index < -0.39 is 0 Å². The molecule has 0 saturated carbocycles. The molecule has 0 aliphatic carbocycles. The van der Waals surface area contributed by atoms with Gasteiger partial charge in [0.05, 0.1) is 21.3 Å². The Kier molecular flexibility index (Phi) is 4.92. The van der Waals surface area contributed by atoms with Crippen LogP contribution in [0, 0.1) is 4.84 Å². The molecule has 23 heavy (non-hydrogen) atoms. The van der Waals surface area contributed by atoms with Gasteiger partial charge in [0.2, 0.25) is 5.89 Å². The molecule has 3 aromatic rings. The lowest BCUT2D eigenvalue weighted by atomic mass is 10.2. The Labute approximate surface area is 152 Å². The zero-order valence-corrected chi connectivity index (χ0v) is 14.7. The van der Waals surface area contributed by atoms with Crippen molar-refractivity contribution >= 4 is 52.7 Å². The molecule has 118 valence electrons. The van der Waals surface area contributed by atoms with Crippen LogP contribution < -0.4 is 5.32 Å². The second kappa shape index (κ2) is 6.93. The van der Waals surface area contributed by atoms with Gasteiger partial charge >= 0.3 is 0 Å². The van der Waals surface area contributed by atoms with Gasteiger partial charge < -0.3 is 9.73 Å². The molecule has 8 heteroatoms. The van der Waals surface area contributed by atoms with Crippen LogP contribution in [0.5, 0.6) is 0 Å². The van der Waals surface area contributed by atoms with Crippen LogP contribution in [0.3, 0.4) is 0 Å². The summed E-state index contributed by atoms with van der Waals surface area (Å²) in [5.41, 5.74) is 1.41. The molecule has 0 spiro atoms. The molecule has 2 aromatic carbocycles. The Balaban J connectivity index is 1.84. The first kappa shape index (κ1) is 16.3. The molecule has 1 aromatic heterocycles. The van der Waals surface area contributed by atoms with Crippen molar-refractivity contribution in [3.05, 3.63) is 62.4 Å². The van der Waals surface area contributed by atoms with Crippen molar-refractivity contribution in [2.75, 3.05) is 5.32 Å². The SMILES string of the molecule is S=c1oc(-c2ccc(Cl)cc2Cl)nn1CNc1ccccc1Cl. The summed E-state index contributed by atoms with van der Waals surface area (Å²) >= 11 is 23.3. The molecule has 4 nitrogen and oxygen atoms in total. The summed E-state index contributed by atoms with van der Waals surface area (Å²) in [5.74, 6) is 0.331. The van der Waals surface area contributed by atoms with Gasteiger partial charge in [-0.25, -0.2) is 4.68 Å². The van der Waals surface area contributed by atoms with E-state index in [4.69, 9.17) is 51.4 Å². The number of anilines is 1. The molecular weight excluding hydrogens is 377 g/mol. The normalized spacial score (nSPS) is 10.7. The van der Waals surface area contributed by atoms with Crippen LogP contribution in [0.1, 0.15) is 0 Å². The van der Waals surface area contributed by atoms with Gasteiger partial charge in [-0.1, -0.05) is 46.9 Å². The highest BCUT2D eigenvalue weighted by Crippen LogP contribution is 2.29. The standard InChI is InChI=1S/C15H10Cl3N3OS/c16-9-5-6-10(12(18)7-9)14-20-21(15(23)22-14)8-19-13-4-2-1-3-11(13)17/h1-7,19H,8H2. The maximum Gasteiger partial charge on any atom is 0.289 e. The van der Waals surface area contributed by atoms with E-state index in [0.717, 1.165) is 5.69 Å². The molecule has 1 N–H and O–H groups in total. The Morgan fingerprint density at radius 3 is 2.61 bits per heavy atom. The average Bonchev–Trinajstić information content (AvgIpc) is 2.87. The molecule has 0 aliphatic rings. The third-order valence-corrected chi connectivity index (χ3v) is 4.23. The topological polar surface area (TPSA) is 43.0 Å². The monoisotopic (exact) mass is 385 g/mol. The molecule has 0 saturated heterocycles. The lowest BCUT2D eigenvalue weighted by molar-refractivity contribution is 0.522. The minimum atomic E-state index is 0.227. The summed E-state index contributed by atoms with van der Waals surface area (Å²) in [4.78, 5) is 0.227. The molecule has 0 amide bonds. The van der Waals surface area contributed by atoms with E-state index in [1.165, 1.54) is 4.68 Å². The second-order valence-corrected chi connectivity index (χ2v) is 6.21. The number of rotatable bonds is 4. The Morgan fingerprint density at radius 1 is 1.09 bits per heavy atom. The molecule has 0 fully saturated rings. The number of hydrogen-bond donors (Lipinski definition) is 1. The van der Waals surface area contributed by atoms with E-state index in [1.807, 2.05) is 18.2 Å². The largest absolute Gasteiger partial charge is 0.409 e. The number of para-hydroxylation sites is 1. The van der Waals surface area contributed by atoms with Crippen LogP contribution in [-0.4, -0.2) is 9.78 Å². The number of nitrogens with one attached hydrogen (secondary N) is 1. The molecule has 0 unspecified atom stereocenters. The third-order valence-electron chi connectivity index (χ3n) is 3.06. The second-order valence-electron chi connectivity index (χ2n) is 4.61. The summed E-state index contributed by atoms with van der Waals surface area (Å²) in [7, 11) is 0. The predicted octanol–water partition coefficient (Wildman–Crippen LogP) is 5.90. The van der Waals surface area contributed by atoms with Crippen molar-refractivity contribution in [3.8, 4) is 11.5 Å². The first-order valence-corrected chi connectivity index (χ1v) is 8.10. The molecule has 1 heterocycles. The molecule has 0 aliphatic heterocycles. The summed E-state index contributed by atoms with van der Waals surface area (Å²) in [6.07, 6.45) is 0. The molecule has 0 bridgehead atoms. The lowest BCUT2D eigenvalue weighted by Crippen LogP contribution is -2.09. The van der Waals surface area contributed by atoms with E-state index in [9.17, 15) is 0 Å². The van der Waals surface area contributed by atoms with Gasteiger partial charge in [0.15, 0.2) is 0 Å². The van der Waals surface area contributed by atoms with Gasteiger partial charge in [-0.3, -0.25) is 0 Å². The van der Waals surface area contributed by atoms with Crippen molar-refractivity contribution in [1.29, 1.82) is 0 Å². The molecule has 0 radical (unpaired) electrons. The highest BCUT2D eigenvalue weighted by atomic mass is 35.5. The van der Waals surface area contributed by atoms with Crippen LogP contribution in [0.25, 0.3) is 11.5 Å². The van der Waals surface area contributed by atoms with E-state index in [1.54, 1.807) is 24.3 Å². The smallest absolute Gasteiger partial charge is 0.289 e. The summed E-state index contributed by atoms with van der Waals surface area (Å²) in [6.45, 7) is 0.317. The van der Waals surface area contributed by atoms with E-state index in [2.05, 4.69) is 10.4 Å². The fourth-order valence-electron chi connectivity index (χ4n) is 1.94. The highest BCUT2D eigenvalue weighted by molar-refractivity contribution is 7.71. The van der Waals surface area contributed by atoms with Gasteiger partial charge in [0, 0.05) is 5.02 Å². The fraction of sp³-hybridized carbons (Fsp3) is 0.0667. The molecule has 3 rings (SSSR count). The number of nitrogens with zero attached hydrogens (tertiary/aromatic N) is 2. The van der Waals surface area contributed by atoms with Crippen molar-refractivity contribution in [2.45, 2.75) is 6.67 Å². The van der Waals surface area contributed by atoms with E-state index in [0.29, 0.717) is 33.2 Å². The maximum atomic E-state index is 6.16.